The van der Waals surface area contributed by atoms with Gasteiger partial charge >= 0.3 is 0 Å². The van der Waals surface area contributed by atoms with Crippen molar-refractivity contribution in [3.05, 3.63) is 109 Å². The van der Waals surface area contributed by atoms with Crippen LogP contribution in [0.15, 0.2) is 115 Å². The second kappa shape index (κ2) is 10.7. The molecule has 0 saturated heterocycles. The van der Waals surface area contributed by atoms with Gasteiger partial charge in [-0.2, -0.15) is 0 Å². The maximum absolute atomic E-state index is 12.9. The van der Waals surface area contributed by atoms with Crippen LogP contribution in [0, 0.1) is 0 Å². The van der Waals surface area contributed by atoms with Gasteiger partial charge in [0.05, 0.1) is 11.4 Å². The van der Waals surface area contributed by atoms with Gasteiger partial charge in [0, 0.05) is 23.6 Å². The number of carbonyl (C=O) groups excluding carboxylic acids is 1. The van der Waals surface area contributed by atoms with Crippen LogP contribution in [0.2, 0.25) is 0 Å². The van der Waals surface area contributed by atoms with Crippen LogP contribution in [-0.4, -0.2) is 31.4 Å². The Kier molecular flexibility index (Phi) is 6.82. The van der Waals surface area contributed by atoms with Gasteiger partial charge in [0.15, 0.2) is 16.7 Å². The number of nitrogens with one attached hydrogen (secondary N) is 1. The lowest BCUT2D eigenvalue weighted by molar-refractivity contribution is -0.113. The van der Waals surface area contributed by atoms with E-state index in [0.29, 0.717) is 28.2 Å². The molecule has 1 N–H and O–H groups in total. The number of carbonyl (C=O) groups is 1. The number of thioether (sulfide) groups is 1. The fourth-order valence-corrected chi connectivity index (χ4v) is 4.20. The van der Waals surface area contributed by atoms with Crippen LogP contribution >= 0.6 is 11.8 Å². The summed E-state index contributed by atoms with van der Waals surface area (Å²) in [6, 6.07) is 30.4. The van der Waals surface area contributed by atoms with Gasteiger partial charge in [-0.25, -0.2) is 0 Å². The molecule has 0 aliphatic heterocycles. The van der Waals surface area contributed by atoms with Crippen molar-refractivity contribution in [2.45, 2.75) is 5.16 Å². The zero-order chi connectivity index (χ0) is 23.9. The Morgan fingerprint density at radius 1 is 0.857 bits per heavy atom. The lowest BCUT2D eigenvalue weighted by Crippen LogP contribution is -2.15. The third kappa shape index (κ3) is 5.39. The summed E-state index contributed by atoms with van der Waals surface area (Å²) in [5, 5.41) is 12.3. The number of pyridine rings is 1. The Balaban J connectivity index is 1.34. The highest BCUT2D eigenvalue weighted by molar-refractivity contribution is 7.99. The number of amides is 1. The van der Waals surface area contributed by atoms with E-state index >= 15 is 0 Å². The molecule has 0 aliphatic rings. The Bertz CT molecular complexity index is 1410. The minimum Gasteiger partial charge on any atom is -0.455 e. The van der Waals surface area contributed by atoms with Crippen LogP contribution in [0.4, 0.5) is 5.69 Å². The van der Waals surface area contributed by atoms with E-state index in [2.05, 4.69) is 20.5 Å². The summed E-state index contributed by atoms with van der Waals surface area (Å²) in [7, 11) is 0. The van der Waals surface area contributed by atoms with E-state index in [1.807, 2.05) is 102 Å². The molecule has 0 spiro atoms. The Morgan fingerprint density at radius 3 is 2.37 bits per heavy atom. The average Bonchev–Trinajstić information content (AvgIpc) is 3.34. The molecule has 5 aromatic rings. The smallest absolute Gasteiger partial charge is 0.234 e. The highest BCUT2D eigenvalue weighted by Crippen LogP contribution is 2.30. The van der Waals surface area contributed by atoms with Crippen LogP contribution in [0.1, 0.15) is 0 Å². The average molecular weight is 480 g/mol. The molecule has 0 fully saturated rings. The number of nitrogens with zero attached hydrogens (tertiary/aromatic N) is 4. The largest absolute Gasteiger partial charge is 0.455 e. The number of aromatic nitrogens is 4. The summed E-state index contributed by atoms with van der Waals surface area (Å²) in [6.07, 6.45) is 3.46. The zero-order valence-electron chi connectivity index (χ0n) is 18.6. The van der Waals surface area contributed by atoms with Gasteiger partial charge in [-0.05, 0) is 48.5 Å². The normalized spacial score (nSPS) is 10.6. The van der Waals surface area contributed by atoms with Crippen molar-refractivity contribution in [1.29, 1.82) is 0 Å². The summed E-state index contributed by atoms with van der Waals surface area (Å²) in [5.41, 5.74) is 2.34. The number of benzene rings is 3. The molecule has 2 heterocycles. The number of ether oxygens (including phenoxy) is 1. The van der Waals surface area contributed by atoms with Gasteiger partial charge in [0.25, 0.3) is 0 Å². The second-order valence-corrected chi connectivity index (χ2v) is 8.41. The molecule has 1 amide bonds. The van der Waals surface area contributed by atoms with Gasteiger partial charge in [-0.3, -0.25) is 14.3 Å². The van der Waals surface area contributed by atoms with Crippen LogP contribution < -0.4 is 10.1 Å². The SMILES string of the molecule is O=C(CSc1nnc(-c2cccnc2)n1-c1ccccc1)Nc1ccccc1Oc1ccccc1. The summed E-state index contributed by atoms with van der Waals surface area (Å²) in [5.74, 6) is 1.90. The fourth-order valence-electron chi connectivity index (χ4n) is 3.45. The van der Waals surface area contributed by atoms with E-state index in [1.165, 1.54) is 11.8 Å². The Hall–Kier alpha value is -4.43. The van der Waals surface area contributed by atoms with Crippen molar-refractivity contribution in [2.75, 3.05) is 11.1 Å². The lowest BCUT2D eigenvalue weighted by atomic mass is 10.2. The van der Waals surface area contributed by atoms with Gasteiger partial charge < -0.3 is 10.1 Å². The van der Waals surface area contributed by atoms with Gasteiger partial charge in [-0.15, -0.1) is 10.2 Å². The Labute approximate surface area is 206 Å². The monoisotopic (exact) mass is 479 g/mol. The van der Waals surface area contributed by atoms with Crippen molar-refractivity contribution in [3.63, 3.8) is 0 Å². The summed E-state index contributed by atoms with van der Waals surface area (Å²) < 4.78 is 7.88. The first-order chi connectivity index (χ1) is 17.3. The minimum absolute atomic E-state index is 0.150. The molecule has 172 valence electrons. The maximum atomic E-state index is 12.9. The molecule has 0 aliphatic carbocycles. The number of para-hydroxylation sites is 4. The van der Waals surface area contributed by atoms with Crippen LogP contribution in [0.25, 0.3) is 17.1 Å². The van der Waals surface area contributed by atoms with Crippen molar-refractivity contribution >= 4 is 23.4 Å². The first-order valence-electron chi connectivity index (χ1n) is 10.9. The molecule has 0 bridgehead atoms. The van der Waals surface area contributed by atoms with E-state index in [1.54, 1.807) is 12.4 Å². The van der Waals surface area contributed by atoms with Crippen LogP contribution in [0.3, 0.4) is 0 Å². The molecule has 0 saturated carbocycles. The number of anilines is 1. The highest BCUT2D eigenvalue weighted by Gasteiger charge is 2.18. The number of hydrogen-bond acceptors (Lipinski definition) is 6. The fraction of sp³-hybridized carbons (Fsp3) is 0.0370. The molecular weight excluding hydrogens is 458 g/mol. The van der Waals surface area contributed by atoms with E-state index < -0.39 is 0 Å². The number of hydrogen-bond donors (Lipinski definition) is 1. The molecule has 3 aromatic carbocycles. The van der Waals surface area contributed by atoms with Gasteiger partial charge in [-0.1, -0.05) is 60.3 Å². The zero-order valence-corrected chi connectivity index (χ0v) is 19.4. The van der Waals surface area contributed by atoms with Crippen molar-refractivity contribution in [3.8, 4) is 28.6 Å². The van der Waals surface area contributed by atoms with Gasteiger partial charge in [0.1, 0.15) is 5.75 Å². The van der Waals surface area contributed by atoms with Crippen molar-refractivity contribution < 1.29 is 9.53 Å². The molecule has 8 heteroatoms. The van der Waals surface area contributed by atoms with E-state index in [9.17, 15) is 4.79 Å². The van der Waals surface area contributed by atoms with Gasteiger partial charge in [0.2, 0.25) is 5.91 Å². The second-order valence-electron chi connectivity index (χ2n) is 7.47. The van der Waals surface area contributed by atoms with E-state index in [-0.39, 0.29) is 11.7 Å². The predicted octanol–water partition coefficient (Wildman–Crippen LogP) is 5.85. The third-order valence-corrected chi connectivity index (χ3v) is 5.96. The van der Waals surface area contributed by atoms with E-state index in [0.717, 1.165) is 11.3 Å². The van der Waals surface area contributed by atoms with E-state index in [4.69, 9.17) is 4.74 Å². The molecule has 0 radical (unpaired) electrons. The highest BCUT2D eigenvalue weighted by atomic mass is 32.2. The molecule has 5 rings (SSSR count). The molecule has 0 unspecified atom stereocenters. The summed E-state index contributed by atoms with van der Waals surface area (Å²) >= 11 is 1.31. The standard InChI is InChI=1S/C27H21N5O2S/c33-25(29-23-15-7-8-16-24(23)34-22-13-5-2-6-14-22)19-35-27-31-30-26(20-10-9-17-28-18-20)32(27)21-11-3-1-4-12-21/h1-18H,19H2,(H,29,33). The first kappa shape index (κ1) is 22.4. The quantitative estimate of drug-likeness (QED) is 0.281. The molecular formula is C27H21N5O2S. The maximum Gasteiger partial charge on any atom is 0.234 e. The Morgan fingerprint density at radius 2 is 1.60 bits per heavy atom. The predicted molar refractivity (Wildman–Crippen MR) is 137 cm³/mol. The van der Waals surface area contributed by atoms with Crippen LogP contribution in [-0.2, 0) is 4.79 Å². The minimum atomic E-state index is -0.176. The lowest BCUT2D eigenvalue weighted by Gasteiger charge is -2.12. The summed E-state index contributed by atoms with van der Waals surface area (Å²) in [6.45, 7) is 0. The topological polar surface area (TPSA) is 81.9 Å². The summed E-state index contributed by atoms with van der Waals surface area (Å²) in [4.78, 5) is 17.1. The molecule has 35 heavy (non-hydrogen) atoms. The van der Waals surface area contributed by atoms with Crippen molar-refractivity contribution in [1.82, 2.24) is 19.7 Å². The van der Waals surface area contributed by atoms with Crippen molar-refractivity contribution in [2.24, 2.45) is 0 Å². The van der Waals surface area contributed by atoms with Crippen LogP contribution in [0.5, 0.6) is 11.5 Å². The molecule has 7 nitrogen and oxygen atoms in total. The first-order valence-corrected chi connectivity index (χ1v) is 11.9. The molecule has 0 atom stereocenters. The number of rotatable bonds is 8. The molecule has 2 aromatic heterocycles. The third-order valence-electron chi connectivity index (χ3n) is 5.03.